The van der Waals surface area contributed by atoms with Gasteiger partial charge in [0.2, 0.25) is 12.7 Å². The summed E-state index contributed by atoms with van der Waals surface area (Å²) in [5.41, 5.74) is 1.62. The van der Waals surface area contributed by atoms with Gasteiger partial charge in [0.1, 0.15) is 0 Å². The second-order valence-electron chi connectivity index (χ2n) is 6.51. The lowest BCUT2D eigenvalue weighted by Gasteiger charge is -2.13. The van der Waals surface area contributed by atoms with Crippen molar-refractivity contribution in [3.8, 4) is 22.9 Å². The Kier molecular flexibility index (Phi) is 5.66. The molecular weight excluding hydrogens is 390 g/mol. The number of hydrogen-bond donors (Lipinski definition) is 1. The van der Waals surface area contributed by atoms with E-state index in [1.54, 1.807) is 30.6 Å². The summed E-state index contributed by atoms with van der Waals surface area (Å²) >= 11 is 1.38. The molecule has 1 N–H and O–H groups in total. The Morgan fingerprint density at radius 1 is 1.21 bits per heavy atom. The summed E-state index contributed by atoms with van der Waals surface area (Å²) in [5, 5.41) is 11.9. The smallest absolute Gasteiger partial charge is 0.237 e. The molecule has 0 saturated heterocycles. The monoisotopic (exact) mass is 411 g/mol. The van der Waals surface area contributed by atoms with E-state index in [1.807, 2.05) is 23.6 Å². The van der Waals surface area contributed by atoms with E-state index < -0.39 is 0 Å². The molecule has 29 heavy (non-hydrogen) atoms. The van der Waals surface area contributed by atoms with Crippen LogP contribution in [0.4, 0.5) is 5.69 Å². The Bertz CT molecular complexity index is 1010. The number of ether oxygens (including phenoxy) is 2. The number of benzene rings is 1. The SMILES string of the molecule is CCCn1c(S[C@H](C)C(=O)Nc2ccc3c(c2)OCO3)nnc1-c1ccncc1. The van der Waals surface area contributed by atoms with Crippen LogP contribution in [-0.2, 0) is 11.3 Å². The number of nitrogens with one attached hydrogen (secondary N) is 1. The highest BCUT2D eigenvalue weighted by Crippen LogP contribution is 2.34. The third kappa shape index (κ3) is 4.19. The van der Waals surface area contributed by atoms with Gasteiger partial charge in [-0.05, 0) is 37.6 Å². The molecule has 4 rings (SSSR count). The number of anilines is 1. The molecule has 0 saturated carbocycles. The summed E-state index contributed by atoms with van der Waals surface area (Å²) in [5.74, 6) is 1.97. The predicted octanol–water partition coefficient (Wildman–Crippen LogP) is 3.60. The Morgan fingerprint density at radius 3 is 2.79 bits per heavy atom. The lowest BCUT2D eigenvalue weighted by Crippen LogP contribution is -2.23. The van der Waals surface area contributed by atoms with E-state index in [-0.39, 0.29) is 18.0 Å². The second-order valence-corrected chi connectivity index (χ2v) is 7.82. The molecule has 0 radical (unpaired) electrons. The van der Waals surface area contributed by atoms with Crippen LogP contribution in [0.25, 0.3) is 11.4 Å². The number of fused-ring (bicyclic) bond motifs is 1. The first kappa shape index (κ1) is 19.3. The third-order valence-electron chi connectivity index (χ3n) is 4.39. The van der Waals surface area contributed by atoms with Crippen molar-refractivity contribution < 1.29 is 14.3 Å². The van der Waals surface area contributed by atoms with Gasteiger partial charge < -0.3 is 19.4 Å². The first-order valence-corrected chi connectivity index (χ1v) is 10.2. The average molecular weight is 411 g/mol. The molecule has 1 atom stereocenters. The van der Waals surface area contributed by atoms with Gasteiger partial charge in [0, 0.05) is 36.3 Å². The molecule has 1 aliphatic heterocycles. The zero-order valence-electron chi connectivity index (χ0n) is 16.2. The number of aromatic nitrogens is 4. The molecule has 1 aliphatic rings. The molecule has 0 aliphatic carbocycles. The molecule has 150 valence electrons. The molecule has 3 heterocycles. The molecule has 2 aromatic heterocycles. The fourth-order valence-electron chi connectivity index (χ4n) is 2.95. The predicted molar refractivity (Wildman–Crippen MR) is 110 cm³/mol. The highest BCUT2D eigenvalue weighted by molar-refractivity contribution is 8.00. The van der Waals surface area contributed by atoms with E-state index in [0.717, 1.165) is 24.4 Å². The van der Waals surface area contributed by atoms with E-state index >= 15 is 0 Å². The lowest BCUT2D eigenvalue weighted by atomic mass is 10.2. The van der Waals surface area contributed by atoms with Crippen LogP contribution in [-0.4, -0.2) is 37.7 Å². The van der Waals surface area contributed by atoms with Gasteiger partial charge in [0.25, 0.3) is 0 Å². The quantitative estimate of drug-likeness (QED) is 0.594. The van der Waals surface area contributed by atoms with Crippen LogP contribution in [0, 0.1) is 0 Å². The van der Waals surface area contributed by atoms with Gasteiger partial charge in [-0.15, -0.1) is 10.2 Å². The van der Waals surface area contributed by atoms with Crippen molar-refractivity contribution in [2.24, 2.45) is 0 Å². The minimum Gasteiger partial charge on any atom is -0.454 e. The molecule has 0 fully saturated rings. The molecule has 3 aromatic rings. The summed E-state index contributed by atoms with van der Waals surface area (Å²) < 4.78 is 12.7. The number of rotatable bonds is 7. The number of amides is 1. The number of thioether (sulfide) groups is 1. The molecule has 1 amide bonds. The second kappa shape index (κ2) is 8.52. The van der Waals surface area contributed by atoms with Crippen molar-refractivity contribution in [3.05, 3.63) is 42.7 Å². The summed E-state index contributed by atoms with van der Waals surface area (Å²) in [4.78, 5) is 16.7. The average Bonchev–Trinajstić information content (AvgIpc) is 3.36. The van der Waals surface area contributed by atoms with Gasteiger partial charge in [-0.1, -0.05) is 18.7 Å². The first-order chi connectivity index (χ1) is 14.2. The van der Waals surface area contributed by atoms with Crippen molar-refractivity contribution in [3.63, 3.8) is 0 Å². The topological polar surface area (TPSA) is 91.2 Å². The van der Waals surface area contributed by atoms with Crippen molar-refractivity contribution >= 4 is 23.4 Å². The highest BCUT2D eigenvalue weighted by atomic mass is 32.2. The maximum absolute atomic E-state index is 12.7. The van der Waals surface area contributed by atoms with E-state index in [2.05, 4.69) is 27.4 Å². The van der Waals surface area contributed by atoms with Crippen LogP contribution in [0.1, 0.15) is 20.3 Å². The van der Waals surface area contributed by atoms with Crippen LogP contribution in [0.15, 0.2) is 47.9 Å². The minimum absolute atomic E-state index is 0.120. The number of pyridine rings is 1. The minimum atomic E-state index is -0.356. The summed E-state index contributed by atoms with van der Waals surface area (Å²) in [6.07, 6.45) is 4.39. The Balaban J connectivity index is 1.48. The van der Waals surface area contributed by atoms with E-state index in [4.69, 9.17) is 9.47 Å². The third-order valence-corrected chi connectivity index (χ3v) is 5.47. The van der Waals surface area contributed by atoms with Crippen molar-refractivity contribution in [2.45, 2.75) is 37.2 Å². The van der Waals surface area contributed by atoms with Crippen LogP contribution < -0.4 is 14.8 Å². The van der Waals surface area contributed by atoms with Gasteiger partial charge in [0.05, 0.1) is 5.25 Å². The number of carbonyl (C=O) groups excluding carboxylic acids is 1. The molecule has 8 nitrogen and oxygen atoms in total. The number of carbonyl (C=O) groups is 1. The van der Waals surface area contributed by atoms with Gasteiger partial charge >= 0.3 is 0 Å². The van der Waals surface area contributed by atoms with E-state index in [9.17, 15) is 4.79 Å². The Labute approximate surface area is 172 Å². The maximum atomic E-state index is 12.7. The molecule has 0 unspecified atom stereocenters. The Hall–Kier alpha value is -3.07. The van der Waals surface area contributed by atoms with Gasteiger partial charge in [-0.3, -0.25) is 9.78 Å². The maximum Gasteiger partial charge on any atom is 0.237 e. The van der Waals surface area contributed by atoms with E-state index in [1.165, 1.54) is 11.8 Å². The van der Waals surface area contributed by atoms with Crippen LogP contribution >= 0.6 is 11.8 Å². The van der Waals surface area contributed by atoms with E-state index in [0.29, 0.717) is 22.3 Å². The normalized spacial score (nSPS) is 13.3. The van der Waals surface area contributed by atoms with Crippen LogP contribution in [0.3, 0.4) is 0 Å². The number of hydrogen-bond acceptors (Lipinski definition) is 7. The van der Waals surface area contributed by atoms with Crippen LogP contribution in [0.2, 0.25) is 0 Å². The fraction of sp³-hybridized carbons (Fsp3) is 0.300. The standard InChI is InChI=1S/C20H21N5O3S/c1-3-10-25-18(14-6-8-21-9-7-14)23-24-20(25)29-13(2)19(26)22-15-4-5-16-17(11-15)28-12-27-16/h4-9,11,13H,3,10,12H2,1-2H3,(H,22,26)/t13-/m1/s1. The zero-order valence-corrected chi connectivity index (χ0v) is 17.0. The lowest BCUT2D eigenvalue weighted by molar-refractivity contribution is -0.115. The van der Waals surface area contributed by atoms with Crippen molar-refractivity contribution in [1.29, 1.82) is 0 Å². The molecular formula is C20H21N5O3S. The largest absolute Gasteiger partial charge is 0.454 e. The molecule has 0 spiro atoms. The molecule has 9 heteroatoms. The van der Waals surface area contributed by atoms with Gasteiger partial charge in [-0.25, -0.2) is 0 Å². The first-order valence-electron chi connectivity index (χ1n) is 9.36. The summed E-state index contributed by atoms with van der Waals surface area (Å²) in [7, 11) is 0. The number of nitrogens with zero attached hydrogens (tertiary/aromatic N) is 4. The summed E-state index contributed by atoms with van der Waals surface area (Å²) in [6, 6.07) is 9.15. The Morgan fingerprint density at radius 2 is 2.00 bits per heavy atom. The highest BCUT2D eigenvalue weighted by Gasteiger charge is 2.21. The molecule has 1 aromatic carbocycles. The summed E-state index contributed by atoms with van der Waals surface area (Å²) in [6.45, 7) is 4.92. The zero-order chi connectivity index (χ0) is 20.2. The van der Waals surface area contributed by atoms with Crippen molar-refractivity contribution in [1.82, 2.24) is 19.7 Å². The van der Waals surface area contributed by atoms with Gasteiger partial charge in [0.15, 0.2) is 22.5 Å². The van der Waals surface area contributed by atoms with Crippen molar-refractivity contribution in [2.75, 3.05) is 12.1 Å². The van der Waals surface area contributed by atoms with Crippen LogP contribution in [0.5, 0.6) is 11.5 Å². The molecule has 0 bridgehead atoms. The fourth-order valence-corrected chi connectivity index (χ4v) is 3.82. The van der Waals surface area contributed by atoms with Gasteiger partial charge in [-0.2, -0.15) is 0 Å².